The molecule has 0 aliphatic rings. The molecule has 2 aromatic carbocycles. The van der Waals surface area contributed by atoms with E-state index in [9.17, 15) is 4.79 Å². The van der Waals surface area contributed by atoms with Gasteiger partial charge in [-0.2, -0.15) is 0 Å². The molecule has 0 spiro atoms. The lowest BCUT2D eigenvalue weighted by Crippen LogP contribution is -1.89. The van der Waals surface area contributed by atoms with Gasteiger partial charge in [0.15, 0.2) is 5.78 Å². The maximum absolute atomic E-state index is 11.3. The van der Waals surface area contributed by atoms with E-state index in [0.717, 1.165) is 11.3 Å². The van der Waals surface area contributed by atoms with E-state index in [1.165, 1.54) is 6.92 Å². The van der Waals surface area contributed by atoms with Crippen molar-refractivity contribution in [2.75, 3.05) is 0 Å². The number of ketones is 1. The van der Waals surface area contributed by atoms with E-state index in [-0.39, 0.29) is 5.78 Å². The maximum atomic E-state index is 11.3. The fourth-order valence-electron chi connectivity index (χ4n) is 2.18. The largest absolute Gasteiger partial charge is 0.455 e. The fraction of sp³-hybridized carbons (Fsp3) is 0.0526. The molecular weight excluding hydrogens is 345 g/mol. The summed E-state index contributed by atoms with van der Waals surface area (Å²) in [6.07, 6.45) is 1.62. The molecule has 3 aromatic rings. The average Bonchev–Trinajstić information content (AvgIpc) is 3.04. The molecule has 0 bridgehead atoms. The highest BCUT2D eigenvalue weighted by Crippen LogP contribution is 2.34. The van der Waals surface area contributed by atoms with E-state index in [1.807, 2.05) is 18.2 Å². The third-order valence-electron chi connectivity index (χ3n) is 3.46. The quantitative estimate of drug-likeness (QED) is 0.411. The minimum Gasteiger partial charge on any atom is -0.455 e. The molecule has 3 rings (SSSR count). The number of aliphatic imine (C=N–C) groups is 1. The van der Waals surface area contributed by atoms with Gasteiger partial charge in [0.1, 0.15) is 11.5 Å². The predicted molar refractivity (Wildman–Crippen MR) is 97.9 cm³/mol. The Morgan fingerprint density at radius 1 is 1.04 bits per heavy atom. The van der Waals surface area contributed by atoms with Gasteiger partial charge in [0.25, 0.3) is 0 Å². The molecule has 3 nitrogen and oxygen atoms in total. The van der Waals surface area contributed by atoms with Crippen molar-refractivity contribution in [3.63, 3.8) is 0 Å². The lowest BCUT2D eigenvalue weighted by Gasteiger charge is -2.01. The van der Waals surface area contributed by atoms with Crippen molar-refractivity contribution in [3.8, 4) is 11.3 Å². The summed E-state index contributed by atoms with van der Waals surface area (Å²) in [6, 6.07) is 16.1. The van der Waals surface area contributed by atoms with Crippen LogP contribution in [-0.2, 0) is 0 Å². The highest BCUT2D eigenvalue weighted by molar-refractivity contribution is 6.43. The van der Waals surface area contributed by atoms with Crippen LogP contribution >= 0.6 is 23.2 Å². The number of nitrogens with zero attached hydrogens (tertiary/aromatic N) is 1. The zero-order chi connectivity index (χ0) is 17.1. The molecule has 0 radical (unpaired) electrons. The molecule has 120 valence electrons. The number of hydrogen-bond donors (Lipinski definition) is 0. The molecule has 0 amide bonds. The smallest absolute Gasteiger partial charge is 0.159 e. The lowest BCUT2D eigenvalue weighted by molar-refractivity contribution is 0.101. The summed E-state index contributed by atoms with van der Waals surface area (Å²) >= 11 is 12.2. The van der Waals surface area contributed by atoms with Gasteiger partial charge in [0.2, 0.25) is 0 Å². The van der Waals surface area contributed by atoms with Crippen molar-refractivity contribution in [3.05, 3.63) is 76.0 Å². The predicted octanol–water partition coefficient (Wildman–Crippen LogP) is 6.21. The van der Waals surface area contributed by atoms with Gasteiger partial charge in [-0.15, -0.1) is 0 Å². The summed E-state index contributed by atoms with van der Waals surface area (Å²) in [5, 5.41) is 0.933. The Bertz CT molecular complexity index is 911. The summed E-state index contributed by atoms with van der Waals surface area (Å²) < 4.78 is 5.74. The minimum absolute atomic E-state index is 0.0274. The van der Waals surface area contributed by atoms with Crippen LogP contribution in [0.5, 0.6) is 0 Å². The van der Waals surface area contributed by atoms with Gasteiger partial charge in [-0.3, -0.25) is 9.79 Å². The Kier molecular flexibility index (Phi) is 4.84. The standard InChI is InChI=1S/C19H13Cl2NO2/c1-12(23)13-5-7-14(8-6-13)22-11-15-9-10-18(24-15)16-3-2-4-17(20)19(16)21/h2-11H,1H3. The van der Waals surface area contributed by atoms with Crippen LogP contribution in [0.2, 0.25) is 10.0 Å². The van der Waals surface area contributed by atoms with Crippen LogP contribution in [0.1, 0.15) is 23.0 Å². The fourth-order valence-corrected chi connectivity index (χ4v) is 2.58. The first-order valence-electron chi connectivity index (χ1n) is 7.24. The molecule has 1 aromatic heterocycles. The number of carbonyl (C=O) groups is 1. The van der Waals surface area contributed by atoms with Gasteiger partial charge in [-0.1, -0.05) is 29.3 Å². The first-order chi connectivity index (χ1) is 11.5. The molecule has 0 saturated heterocycles. The van der Waals surface area contributed by atoms with Crippen LogP contribution in [0.25, 0.3) is 11.3 Å². The number of benzene rings is 2. The van der Waals surface area contributed by atoms with E-state index in [0.29, 0.717) is 27.1 Å². The minimum atomic E-state index is 0.0274. The maximum Gasteiger partial charge on any atom is 0.159 e. The van der Waals surface area contributed by atoms with Crippen molar-refractivity contribution in [2.45, 2.75) is 6.92 Å². The highest BCUT2D eigenvalue weighted by Gasteiger charge is 2.10. The molecule has 0 N–H and O–H groups in total. The van der Waals surface area contributed by atoms with Crippen molar-refractivity contribution in [1.82, 2.24) is 0 Å². The second-order valence-corrected chi connectivity index (χ2v) is 5.95. The van der Waals surface area contributed by atoms with Crippen molar-refractivity contribution in [1.29, 1.82) is 0 Å². The third kappa shape index (κ3) is 3.58. The SMILES string of the molecule is CC(=O)c1ccc(N=Cc2ccc(-c3cccc(Cl)c3Cl)o2)cc1. The second-order valence-electron chi connectivity index (χ2n) is 5.16. The van der Waals surface area contributed by atoms with Crippen LogP contribution in [0.3, 0.4) is 0 Å². The monoisotopic (exact) mass is 357 g/mol. The normalized spacial score (nSPS) is 11.1. The summed E-state index contributed by atoms with van der Waals surface area (Å²) in [5.41, 5.74) is 2.12. The number of hydrogen-bond acceptors (Lipinski definition) is 3. The van der Waals surface area contributed by atoms with E-state index < -0.39 is 0 Å². The van der Waals surface area contributed by atoms with Crippen LogP contribution in [0.4, 0.5) is 5.69 Å². The highest BCUT2D eigenvalue weighted by atomic mass is 35.5. The molecular formula is C19H13Cl2NO2. The molecule has 5 heteroatoms. The Morgan fingerprint density at radius 2 is 1.79 bits per heavy atom. The molecule has 0 aliphatic carbocycles. The Morgan fingerprint density at radius 3 is 2.50 bits per heavy atom. The van der Waals surface area contributed by atoms with Crippen molar-refractivity contribution < 1.29 is 9.21 Å². The van der Waals surface area contributed by atoms with Crippen LogP contribution in [-0.4, -0.2) is 12.0 Å². The van der Waals surface area contributed by atoms with Crippen molar-refractivity contribution >= 4 is 40.9 Å². The van der Waals surface area contributed by atoms with Gasteiger partial charge in [0.05, 0.1) is 21.9 Å². The van der Waals surface area contributed by atoms with E-state index in [4.69, 9.17) is 27.6 Å². The first kappa shape index (κ1) is 16.5. The van der Waals surface area contributed by atoms with E-state index in [2.05, 4.69) is 4.99 Å². The lowest BCUT2D eigenvalue weighted by atomic mass is 10.1. The summed E-state index contributed by atoms with van der Waals surface area (Å²) in [4.78, 5) is 15.6. The van der Waals surface area contributed by atoms with Gasteiger partial charge in [0, 0.05) is 11.1 Å². The molecule has 0 aliphatic heterocycles. The number of carbonyl (C=O) groups excluding carboxylic acids is 1. The number of furan rings is 1. The molecule has 0 fully saturated rings. The summed E-state index contributed by atoms with van der Waals surface area (Å²) in [7, 11) is 0. The van der Waals surface area contributed by atoms with Crippen molar-refractivity contribution in [2.24, 2.45) is 4.99 Å². The zero-order valence-electron chi connectivity index (χ0n) is 12.8. The Hall–Kier alpha value is -2.36. The number of Topliss-reactive ketones (excluding diaryl/α,β-unsaturated/α-hetero) is 1. The third-order valence-corrected chi connectivity index (χ3v) is 4.28. The molecule has 0 atom stereocenters. The Balaban J connectivity index is 1.81. The summed E-state index contributed by atoms with van der Waals surface area (Å²) in [5.74, 6) is 1.24. The molecule has 24 heavy (non-hydrogen) atoms. The second kappa shape index (κ2) is 7.04. The van der Waals surface area contributed by atoms with Crippen LogP contribution in [0.15, 0.2) is 64.0 Å². The molecule has 0 saturated carbocycles. The van der Waals surface area contributed by atoms with E-state index >= 15 is 0 Å². The van der Waals surface area contributed by atoms with Gasteiger partial charge in [-0.25, -0.2) is 0 Å². The molecule has 0 unspecified atom stereocenters. The van der Waals surface area contributed by atoms with Gasteiger partial charge >= 0.3 is 0 Å². The summed E-state index contributed by atoms with van der Waals surface area (Å²) in [6.45, 7) is 1.53. The number of halogens is 2. The average molecular weight is 358 g/mol. The van der Waals surface area contributed by atoms with E-state index in [1.54, 1.807) is 42.6 Å². The van der Waals surface area contributed by atoms with Gasteiger partial charge in [-0.05, 0) is 55.5 Å². The molecule has 1 heterocycles. The van der Waals surface area contributed by atoms with Gasteiger partial charge < -0.3 is 4.42 Å². The Labute approximate surface area is 149 Å². The first-order valence-corrected chi connectivity index (χ1v) is 7.99. The number of rotatable bonds is 4. The van der Waals surface area contributed by atoms with Crippen LogP contribution < -0.4 is 0 Å². The van der Waals surface area contributed by atoms with Crippen LogP contribution in [0, 0.1) is 0 Å². The topological polar surface area (TPSA) is 42.6 Å². The zero-order valence-corrected chi connectivity index (χ0v) is 14.3.